The Morgan fingerprint density at radius 2 is 1.85 bits per heavy atom. The Morgan fingerprint density at radius 1 is 1.20 bits per heavy atom. The van der Waals surface area contributed by atoms with Crippen molar-refractivity contribution in [1.29, 1.82) is 0 Å². The molecule has 106 valence electrons. The van der Waals surface area contributed by atoms with E-state index < -0.39 is 15.7 Å². The highest BCUT2D eigenvalue weighted by molar-refractivity contribution is 9.10. The zero-order valence-corrected chi connectivity index (χ0v) is 13.0. The third-order valence-corrected chi connectivity index (χ3v) is 4.83. The Kier molecular flexibility index (Phi) is 4.29. The topological polar surface area (TPSA) is 76.4 Å². The van der Waals surface area contributed by atoms with E-state index in [1.54, 1.807) is 25.1 Å². The second kappa shape index (κ2) is 5.80. The molecule has 1 heterocycles. The van der Waals surface area contributed by atoms with Crippen molar-refractivity contribution in [2.75, 3.05) is 11.1 Å². The quantitative estimate of drug-likeness (QED) is 0.911. The second-order valence-electron chi connectivity index (χ2n) is 3.99. The molecule has 5 nitrogen and oxygen atoms in total. The fourth-order valence-corrected chi connectivity index (χ4v) is 2.73. The summed E-state index contributed by atoms with van der Waals surface area (Å²) in [5.74, 6) is -0.192. The van der Waals surface area contributed by atoms with E-state index in [4.69, 9.17) is 4.42 Å². The van der Waals surface area contributed by atoms with E-state index in [0.29, 0.717) is 10.4 Å². The fourth-order valence-electron chi connectivity index (χ4n) is 1.54. The molecule has 2 rings (SSSR count). The van der Waals surface area contributed by atoms with Crippen molar-refractivity contribution in [3.8, 4) is 0 Å². The number of amides is 1. The monoisotopic (exact) mass is 357 g/mol. The van der Waals surface area contributed by atoms with Gasteiger partial charge in [0, 0.05) is 5.69 Å². The molecular formula is C13H12BrNO4S. The maximum atomic E-state index is 11.8. The average Bonchev–Trinajstić information content (AvgIpc) is 2.86. The number of sulfone groups is 1. The molecule has 0 aliphatic heterocycles. The summed E-state index contributed by atoms with van der Waals surface area (Å²) in [6, 6.07) is 9.16. The van der Waals surface area contributed by atoms with Gasteiger partial charge < -0.3 is 9.73 Å². The molecule has 2 aromatic rings. The van der Waals surface area contributed by atoms with Crippen LogP contribution in [-0.4, -0.2) is 20.1 Å². The molecule has 1 amide bonds. The summed E-state index contributed by atoms with van der Waals surface area (Å²) in [6.45, 7) is 1.58. The first kappa shape index (κ1) is 14.8. The first-order valence-corrected chi connectivity index (χ1v) is 8.26. The minimum Gasteiger partial charge on any atom is -0.444 e. The second-order valence-corrected chi connectivity index (χ2v) is 7.05. The van der Waals surface area contributed by atoms with Gasteiger partial charge >= 0.3 is 0 Å². The van der Waals surface area contributed by atoms with Gasteiger partial charge in [-0.25, -0.2) is 8.42 Å². The normalized spacial score (nSPS) is 11.3. The molecule has 0 aliphatic carbocycles. The van der Waals surface area contributed by atoms with Gasteiger partial charge in [-0.15, -0.1) is 0 Å². The highest BCUT2D eigenvalue weighted by Crippen LogP contribution is 2.18. The molecule has 0 spiro atoms. The highest BCUT2D eigenvalue weighted by atomic mass is 79.9. The number of halogens is 1. The Labute approximate surface area is 125 Å². The first-order valence-electron chi connectivity index (χ1n) is 5.82. The van der Waals surface area contributed by atoms with Crippen LogP contribution in [0.3, 0.4) is 0 Å². The number of rotatable bonds is 4. The van der Waals surface area contributed by atoms with Crippen LogP contribution in [0, 0.1) is 0 Å². The summed E-state index contributed by atoms with van der Waals surface area (Å²) in [6.07, 6.45) is 0. The Morgan fingerprint density at radius 3 is 2.35 bits per heavy atom. The van der Waals surface area contributed by atoms with E-state index >= 15 is 0 Å². The van der Waals surface area contributed by atoms with Crippen molar-refractivity contribution >= 4 is 37.4 Å². The van der Waals surface area contributed by atoms with Gasteiger partial charge in [-0.2, -0.15) is 0 Å². The highest BCUT2D eigenvalue weighted by Gasteiger charge is 2.13. The van der Waals surface area contributed by atoms with Gasteiger partial charge in [0.15, 0.2) is 20.3 Å². The fraction of sp³-hybridized carbons (Fsp3) is 0.154. The van der Waals surface area contributed by atoms with Crippen molar-refractivity contribution < 1.29 is 17.6 Å². The van der Waals surface area contributed by atoms with E-state index in [0.717, 1.165) is 0 Å². The Bertz CT molecular complexity index is 719. The van der Waals surface area contributed by atoms with Gasteiger partial charge in [-0.1, -0.05) is 6.92 Å². The van der Waals surface area contributed by atoms with Crippen molar-refractivity contribution in [3.63, 3.8) is 0 Å². The molecule has 0 aliphatic rings. The molecule has 1 N–H and O–H groups in total. The van der Waals surface area contributed by atoms with Crippen LogP contribution >= 0.6 is 15.9 Å². The average molecular weight is 358 g/mol. The largest absolute Gasteiger partial charge is 0.444 e. The van der Waals surface area contributed by atoms with Crippen LogP contribution in [0.2, 0.25) is 0 Å². The van der Waals surface area contributed by atoms with Gasteiger partial charge in [0.2, 0.25) is 0 Å². The Hall–Kier alpha value is -1.60. The maximum Gasteiger partial charge on any atom is 0.291 e. The molecule has 20 heavy (non-hydrogen) atoms. The molecule has 7 heteroatoms. The van der Waals surface area contributed by atoms with Gasteiger partial charge in [0.25, 0.3) is 5.91 Å². The third-order valence-electron chi connectivity index (χ3n) is 2.65. The molecule has 0 bridgehead atoms. The number of carbonyl (C=O) groups is 1. The SMILES string of the molecule is CCS(=O)(=O)c1ccc(NC(=O)c2ccc(Br)o2)cc1. The number of hydrogen-bond donors (Lipinski definition) is 1. The molecule has 0 fully saturated rings. The summed E-state index contributed by atoms with van der Waals surface area (Å²) in [7, 11) is -3.23. The maximum absolute atomic E-state index is 11.8. The smallest absolute Gasteiger partial charge is 0.291 e. The molecule has 0 radical (unpaired) electrons. The summed E-state index contributed by atoms with van der Waals surface area (Å²) in [4.78, 5) is 12.1. The number of benzene rings is 1. The molecule has 1 aromatic heterocycles. The van der Waals surface area contributed by atoms with E-state index in [-0.39, 0.29) is 16.4 Å². The lowest BCUT2D eigenvalue weighted by molar-refractivity contribution is 0.0995. The van der Waals surface area contributed by atoms with Crippen molar-refractivity contribution in [2.45, 2.75) is 11.8 Å². The van der Waals surface area contributed by atoms with E-state index in [1.807, 2.05) is 0 Å². The molecule has 0 unspecified atom stereocenters. The molecule has 0 saturated carbocycles. The van der Waals surface area contributed by atoms with Crippen LogP contribution in [0.15, 0.2) is 50.4 Å². The molecule has 1 aromatic carbocycles. The predicted molar refractivity (Wildman–Crippen MR) is 78.5 cm³/mol. The van der Waals surface area contributed by atoms with Crippen LogP contribution in [0.4, 0.5) is 5.69 Å². The zero-order valence-electron chi connectivity index (χ0n) is 10.6. The Balaban J connectivity index is 2.14. The van der Waals surface area contributed by atoms with Crippen LogP contribution < -0.4 is 5.32 Å². The number of nitrogens with one attached hydrogen (secondary N) is 1. The summed E-state index contributed by atoms with van der Waals surface area (Å²) in [5, 5.41) is 2.62. The van der Waals surface area contributed by atoms with Gasteiger partial charge in [0.05, 0.1) is 10.6 Å². The van der Waals surface area contributed by atoms with E-state index in [2.05, 4.69) is 21.2 Å². The van der Waals surface area contributed by atoms with Crippen LogP contribution in [-0.2, 0) is 9.84 Å². The van der Waals surface area contributed by atoms with Crippen LogP contribution in [0.5, 0.6) is 0 Å². The lowest BCUT2D eigenvalue weighted by atomic mass is 10.3. The third kappa shape index (κ3) is 3.29. The van der Waals surface area contributed by atoms with Crippen molar-refractivity contribution in [1.82, 2.24) is 0 Å². The number of carbonyl (C=O) groups excluding carboxylic acids is 1. The van der Waals surface area contributed by atoms with Crippen molar-refractivity contribution in [2.24, 2.45) is 0 Å². The first-order chi connectivity index (χ1) is 9.42. The lowest BCUT2D eigenvalue weighted by Gasteiger charge is -2.05. The van der Waals surface area contributed by atoms with Gasteiger partial charge in [-0.05, 0) is 52.3 Å². The molecular weight excluding hydrogens is 346 g/mol. The summed E-state index contributed by atoms with van der Waals surface area (Å²) < 4.78 is 28.9. The number of anilines is 1. The summed E-state index contributed by atoms with van der Waals surface area (Å²) in [5.41, 5.74) is 0.498. The van der Waals surface area contributed by atoms with Gasteiger partial charge in [-0.3, -0.25) is 4.79 Å². The standard InChI is InChI=1S/C13H12BrNO4S/c1-2-20(17,18)10-5-3-9(4-6-10)15-13(16)11-7-8-12(14)19-11/h3-8H,2H2,1H3,(H,15,16). The predicted octanol–water partition coefficient (Wildman–Crippen LogP) is 3.09. The minimum atomic E-state index is -3.23. The molecule has 0 atom stereocenters. The molecule has 0 saturated heterocycles. The van der Waals surface area contributed by atoms with Crippen LogP contribution in [0.1, 0.15) is 17.5 Å². The minimum absolute atomic E-state index is 0.0408. The van der Waals surface area contributed by atoms with Gasteiger partial charge in [0.1, 0.15) is 0 Å². The van der Waals surface area contributed by atoms with E-state index in [9.17, 15) is 13.2 Å². The number of furan rings is 1. The zero-order chi connectivity index (χ0) is 14.8. The van der Waals surface area contributed by atoms with Crippen LogP contribution in [0.25, 0.3) is 0 Å². The van der Waals surface area contributed by atoms with Crippen molar-refractivity contribution in [3.05, 3.63) is 46.8 Å². The number of hydrogen-bond acceptors (Lipinski definition) is 4. The summed E-state index contributed by atoms with van der Waals surface area (Å²) >= 11 is 3.11. The van der Waals surface area contributed by atoms with E-state index in [1.165, 1.54) is 18.2 Å². The lowest BCUT2D eigenvalue weighted by Crippen LogP contribution is -2.11.